The van der Waals surface area contributed by atoms with Crippen LogP contribution in [0.25, 0.3) is 0 Å². The number of urea groups is 2. The van der Waals surface area contributed by atoms with Crippen molar-refractivity contribution < 1.29 is 38.6 Å². The molecular formula is C51H48N6O8. The van der Waals surface area contributed by atoms with Gasteiger partial charge in [-0.3, -0.25) is 19.3 Å². The highest BCUT2D eigenvalue weighted by molar-refractivity contribution is 6.24. The number of nitrogens with zero attached hydrogens (tertiary/aromatic N) is 2. The van der Waals surface area contributed by atoms with E-state index in [1.165, 1.54) is 6.08 Å². The van der Waals surface area contributed by atoms with Gasteiger partial charge in [0.15, 0.2) is 0 Å². The average molecular weight is 873 g/mol. The molecule has 0 radical (unpaired) electrons. The first-order valence-electron chi connectivity index (χ1n) is 21.3. The third-order valence-electron chi connectivity index (χ3n) is 12.2. The molecule has 3 aliphatic heterocycles. The summed E-state index contributed by atoms with van der Waals surface area (Å²) in [6, 6.07) is 34.2. The Hall–Kier alpha value is -7.73. The summed E-state index contributed by atoms with van der Waals surface area (Å²) in [7, 11) is 0. The number of cyclic esters (lactones) is 1. The van der Waals surface area contributed by atoms with E-state index in [4.69, 9.17) is 15.2 Å². The molecule has 3 heterocycles. The molecule has 3 aliphatic rings. The lowest BCUT2D eigenvalue weighted by atomic mass is 9.65. The molecule has 7 atom stereocenters. The Bertz CT molecular complexity index is 2670. The number of primary amides is 1. The number of hydrogen-bond acceptors (Lipinski definition) is 9. The number of ether oxygens (including phenoxy) is 2. The SMILES string of the molecule is C=CCNC(=O)[C@@H]1[C@H]2C(=O)O[C@H](c3ccccc3)[C@H](c3ccccc3)N2[C@H](c2ccccc2OCCO)[C@@]12C(=O)N(C(=O)N[C@H](C)c1ccccc1)c1ccc(C#CCNC(N)=O)cc12. The Labute approximate surface area is 376 Å². The van der Waals surface area contributed by atoms with E-state index in [0.29, 0.717) is 16.7 Å². The molecule has 14 heteroatoms. The van der Waals surface area contributed by atoms with Crippen molar-refractivity contribution in [1.82, 2.24) is 20.9 Å². The van der Waals surface area contributed by atoms with Crippen molar-refractivity contribution in [2.45, 2.75) is 42.6 Å². The molecule has 6 amide bonds. The number of aliphatic hydroxyl groups is 1. The fraction of sp³-hybridized carbons (Fsp3) is 0.235. The second-order valence-electron chi connectivity index (χ2n) is 15.9. The molecule has 5 aromatic rings. The highest BCUT2D eigenvalue weighted by Gasteiger charge is 2.76. The number of esters is 1. The number of benzene rings is 5. The number of anilines is 1. The van der Waals surface area contributed by atoms with Gasteiger partial charge in [-0.05, 0) is 53.4 Å². The number of imide groups is 1. The number of para-hydroxylation sites is 1. The fourth-order valence-electron chi connectivity index (χ4n) is 9.59. The molecule has 0 unspecified atom stereocenters. The largest absolute Gasteiger partial charge is 0.491 e. The zero-order valence-corrected chi connectivity index (χ0v) is 35.6. The number of amides is 6. The highest BCUT2D eigenvalue weighted by Crippen LogP contribution is 2.66. The quantitative estimate of drug-likeness (QED) is 0.0611. The molecule has 0 saturated carbocycles. The number of nitrogens with one attached hydrogen (secondary N) is 3. The van der Waals surface area contributed by atoms with E-state index < -0.39 is 71.5 Å². The van der Waals surface area contributed by atoms with Crippen molar-refractivity contribution >= 4 is 35.5 Å². The summed E-state index contributed by atoms with van der Waals surface area (Å²) in [6.45, 7) is 5.06. The van der Waals surface area contributed by atoms with Crippen LogP contribution < -0.4 is 31.3 Å². The Kier molecular flexibility index (Phi) is 12.8. The lowest BCUT2D eigenvalue weighted by molar-refractivity contribution is -0.178. The Morgan fingerprint density at radius 3 is 2.23 bits per heavy atom. The summed E-state index contributed by atoms with van der Waals surface area (Å²) in [4.78, 5) is 76.4. The molecule has 14 nitrogen and oxygen atoms in total. The van der Waals surface area contributed by atoms with Gasteiger partial charge in [0, 0.05) is 17.7 Å². The lowest BCUT2D eigenvalue weighted by Gasteiger charge is -2.46. The molecule has 2 saturated heterocycles. The summed E-state index contributed by atoms with van der Waals surface area (Å²) in [5.74, 6) is 2.43. The van der Waals surface area contributed by atoms with Crippen LogP contribution in [0.5, 0.6) is 5.75 Å². The van der Waals surface area contributed by atoms with Crippen LogP contribution >= 0.6 is 0 Å². The van der Waals surface area contributed by atoms with E-state index in [-0.39, 0.29) is 43.3 Å². The van der Waals surface area contributed by atoms with Gasteiger partial charge >= 0.3 is 18.0 Å². The molecule has 0 bridgehead atoms. The van der Waals surface area contributed by atoms with Crippen molar-refractivity contribution in [1.29, 1.82) is 0 Å². The molecular weight excluding hydrogens is 825 g/mol. The van der Waals surface area contributed by atoms with E-state index in [9.17, 15) is 14.7 Å². The number of fused-ring (bicyclic) bond motifs is 3. The third kappa shape index (κ3) is 8.07. The van der Waals surface area contributed by atoms with E-state index in [2.05, 4.69) is 34.4 Å². The second kappa shape index (κ2) is 18.9. The maximum Gasteiger partial charge on any atom is 0.329 e. The van der Waals surface area contributed by atoms with E-state index in [1.807, 2.05) is 95.9 Å². The van der Waals surface area contributed by atoms with Gasteiger partial charge in [0.1, 0.15) is 29.9 Å². The Balaban J connectivity index is 1.45. The summed E-state index contributed by atoms with van der Waals surface area (Å²) in [5.41, 5.74) is 6.59. The minimum atomic E-state index is -2.09. The van der Waals surface area contributed by atoms with Crippen LogP contribution in [0.4, 0.5) is 15.3 Å². The number of aliphatic hydroxyl groups excluding tert-OH is 1. The van der Waals surface area contributed by atoms with Gasteiger partial charge in [-0.2, -0.15) is 0 Å². The van der Waals surface area contributed by atoms with Crippen molar-refractivity contribution in [3.8, 4) is 17.6 Å². The number of carbonyl (C=O) groups is 5. The number of carbonyl (C=O) groups excluding carboxylic acids is 5. The molecule has 0 aromatic heterocycles. The first-order valence-corrected chi connectivity index (χ1v) is 21.3. The Morgan fingerprint density at radius 1 is 0.892 bits per heavy atom. The van der Waals surface area contributed by atoms with Gasteiger partial charge < -0.3 is 36.3 Å². The number of nitrogens with two attached hydrogens (primary N) is 1. The van der Waals surface area contributed by atoms with Crippen molar-refractivity contribution in [2.75, 3.05) is 31.2 Å². The monoisotopic (exact) mass is 872 g/mol. The maximum atomic E-state index is 16.4. The normalized spacial score (nSPS) is 22.4. The summed E-state index contributed by atoms with van der Waals surface area (Å²) in [5, 5.41) is 18.4. The third-order valence-corrected chi connectivity index (χ3v) is 12.2. The maximum absolute atomic E-state index is 16.4. The van der Waals surface area contributed by atoms with Gasteiger partial charge in [-0.15, -0.1) is 6.58 Å². The van der Waals surface area contributed by atoms with Crippen LogP contribution in [0.15, 0.2) is 146 Å². The topological polar surface area (TPSA) is 193 Å². The smallest absolute Gasteiger partial charge is 0.329 e. The van der Waals surface area contributed by atoms with Gasteiger partial charge in [0.05, 0.1) is 42.9 Å². The summed E-state index contributed by atoms with van der Waals surface area (Å²) >= 11 is 0. The molecule has 65 heavy (non-hydrogen) atoms. The van der Waals surface area contributed by atoms with Crippen LogP contribution in [0.1, 0.15) is 64.5 Å². The number of rotatable bonds is 12. The fourth-order valence-corrected chi connectivity index (χ4v) is 9.59. The van der Waals surface area contributed by atoms with E-state index in [0.717, 1.165) is 16.0 Å². The number of hydrogen-bond donors (Lipinski definition) is 5. The zero-order chi connectivity index (χ0) is 45.7. The minimum absolute atomic E-state index is 0.0129. The molecule has 0 aliphatic carbocycles. The van der Waals surface area contributed by atoms with Crippen LogP contribution in [-0.2, 0) is 24.5 Å². The molecule has 2 fully saturated rings. The van der Waals surface area contributed by atoms with Gasteiger partial charge in [-0.1, -0.05) is 127 Å². The van der Waals surface area contributed by atoms with Crippen LogP contribution in [0.3, 0.4) is 0 Å². The van der Waals surface area contributed by atoms with Gasteiger partial charge in [-0.25, -0.2) is 14.5 Å². The average Bonchev–Trinajstić information content (AvgIpc) is 3.78. The second-order valence-corrected chi connectivity index (χ2v) is 15.9. The first kappa shape index (κ1) is 43.9. The first-order chi connectivity index (χ1) is 31.6. The molecule has 6 N–H and O–H groups in total. The molecule has 5 aromatic carbocycles. The van der Waals surface area contributed by atoms with Crippen LogP contribution in [-0.4, -0.2) is 72.2 Å². The minimum Gasteiger partial charge on any atom is -0.491 e. The Morgan fingerprint density at radius 2 is 1.55 bits per heavy atom. The molecule has 330 valence electrons. The summed E-state index contributed by atoms with van der Waals surface area (Å²) in [6.07, 6.45) is 0.548. The lowest BCUT2D eigenvalue weighted by Crippen LogP contribution is -2.56. The standard InChI is InChI=1S/C51H48N6O8/c1-3-27-53-46(59)41-43-47(60)65-44(36-21-11-6-12-22-36)42(35-19-9-5-10-20-35)57(43)45(37-23-13-14-24-40(37)64-30-29-58)51(41)38-31-33(16-15-28-54-49(52)62)25-26-39(38)56(48(51)61)50(63)55-32(2)34-17-7-4-8-18-34/h3-14,17-26,31-32,41-45,58H,1,27-30H2,2H3,(H,53,59)(H,55,63)(H3,52,54,62)/t32-,41+,42+,43+,44-,45-,51+/m1/s1. The van der Waals surface area contributed by atoms with Crippen LogP contribution in [0, 0.1) is 17.8 Å². The van der Waals surface area contributed by atoms with Gasteiger partial charge in [0.25, 0.3) is 0 Å². The molecule has 1 spiro atoms. The highest BCUT2D eigenvalue weighted by atomic mass is 16.6. The van der Waals surface area contributed by atoms with E-state index >= 15 is 14.4 Å². The zero-order valence-electron chi connectivity index (χ0n) is 35.6. The van der Waals surface area contributed by atoms with E-state index in [1.54, 1.807) is 49.4 Å². The van der Waals surface area contributed by atoms with Crippen molar-refractivity contribution in [2.24, 2.45) is 11.7 Å². The summed E-state index contributed by atoms with van der Waals surface area (Å²) < 4.78 is 12.8. The van der Waals surface area contributed by atoms with Crippen LogP contribution in [0.2, 0.25) is 0 Å². The van der Waals surface area contributed by atoms with Crippen molar-refractivity contribution in [3.63, 3.8) is 0 Å². The predicted molar refractivity (Wildman–Crippen MR) is 242 cm³/mol. The van der Waals surface area contributed by atoms with Gasteiger partial charge in [0.2, 0.25) is 11.8 Å². The predicted octanol–water partition coefficient (Wildman–Crippen LogP) is 5.52. The van der Waals surface area contributed by atoms with Crippen molar-refractivity contribution in [3.05, 3.63) is 179 Å². The number of morpholine rings is 1. The molecule has 8 rings (SSSR count).